The van der Waals surface area contributed by atoms with Gasteiger partial charge in [-0.05, 0) is 43.4 Å². The van der Waals surface area contributed by atoms with Crippen LogP contribution >= 0.6 is 0 Å². The summed E-state index contributed by atoms with van der Waals surface area (Å²) in [6, 6.07) is 6.59. The normalized spacial score (nSPS) is 15.6. The van der Waals surface area contributed by atoms with Gasteiger partial charge in [0, 0.05) is 18.2 Å². The molecule has 0 radical (unpaired) electrons. The van der Waals surface area contributed by atoms with Gasteiger partial charge in [0.2, 0.25) is 5.91 Å². The second-order valence-electron chi connectivity index (χ2n) is 5.36. The highest BCUT2D eigenvalue weighted by Gasteiger charge is 2.27. The molecule has 1 aliphatic rings. The van der Waals surface area contributed by atoms with E-state index < -0.39 is 0 Å². The van der Waals surface area contributed by atoms with Crippen LogP contribution in [0.25, 0.3) is 0 Å². The Morgan fingerprint density at radius 3 is 2.41 bits per heavy atom. The lowest BCUT2D eigenvalue weighted by Gasteiger charge is -2.34. The summed E-state index contributed by atoms with van der Waals surface area (Å²) >= 11 is 0. The number of hydrogen-bond donors (Lipinski definition) is 0. The van der Waals surface area contributed by atoms with Gasteiger partial charge in [-0.1, -0.05) is 26.0 Å². The summed E-state index contributed by atoms with van der Waals surface area (Å²) in [6.45, 7) is 8.58. The Labute approximate surface area is 104 Å². The first-order valence-electron chi connectivity index (χ1n) is 6.46. The second kappa shape index (κ2) is 4.52. The van der Waals surface area contributed by atoms with Crippen molar-refractivity contribution in [2.45, 2.75) is 52.5 Å². The van der Waals surface area contributed by atoms with Crippen molar-refractivity contribution in [3.8, 4) is 0 Å². The van der Waals surface area contributed by atoms with Gasteiger partial charge in [0.15, 0.2) is 0 Å². The van der Waals surface area contributed by atoms with Crippen molar-refractivity contribution in [1.29, 1.82) is 0 Å². The highest BCUT2D eigenvalue weighted by atomic mass is 16.2. The Kier molecular flexibility index (Phi) is 3.23. The third-order valence-corrected chi connectivity index (χ3v) is 3.44. The third-order valence-electron chi connectivity index (χ3n) is 3.44. The molecule has 0 saturated carbocycles. The molecule has 0 bridgehead atoms. The van der Waals surface area contributed by atoms with Crippen molar-refractivity contribution in [1.82, 2.24) is 0 Å². The number of carbonyl (C=O) groups excluding carboxylic acids is 1. The molecule has 1 aliphatic heterocycles. The van der Waals surface area contributed by atoms with Gasteiger partial charge in [0.05, 0.1) is 0 Å². The lowest BCUT2D eigenvalue weighted by Crippen LogP contribution is -2.40. The molecule has 1 amide bonds. The Morgan fingerprint density at radius 1 is 1.12 bits per heavy atom. The van der Waals surface area contributed by atoms with Crippen molar-refractivity contribution in [3.05, 3.63) is 29.3 Å². The molecule has 0 fully saturated rings. The first-order chi connectivity index (χ1) is 8.02. The fraction of sp³-hybridized carbons (Fsp3) is 0.533. The van der Waals surface area contributed by atoms with Crippen molar-refractivity contribution in [3.63, 3.8) is 0 Å². The molecular weight excluding hydrogens is 210 g/mol. The lowest BCUT2D eigenvalue weighted by molar-refractivity contribution is -0.119. The van der Waals surface area contributed by atoms with E-state index >= 15 is 0 Å². The van der Waals surface area contributed by atoms with E-state index in [-0.39, 0.29) is 11.9 Å². The molecule has 0 aromatic heterocycles. The molecule has 2 rings (SSSR count). The summed E-state index contributed by atoms with van der Waals surface area (Å²) in [6.07, 6.45) is 1.54. The van der Waals surface area contributed by atoms with Crippen LogP contribution in [-0.2, 0) is 11.2 Å². The number of amides is 1. The summed E-state index contributed by atoms with van der Waals surface area (Å²) in [7, 11) is 0. The minimum Gasteiger partial charge on any atom is -0.310 e. The van der Waals surface area contributed by atoms with Crippen LogP contribution in [-0.4, -0.2) is 11.9 Å². The molecule has 92 valence electrons. The maximum Gasteiger partial charge on any atom is 0.227 e. The minimum absolute atomic E-state index is 0.240. The van der Waals surface area contributed by atoms with E-state index in [0.29, 0.717) is 12.3 Å². The van der Waals surface area contributed by atoms with E-state index in [1.165, 1.54) is 11.1 Å². The van der Waals surface area contributed by atoms with Crippen LogP contribution in [0.1, 0.15) is 51.2 Å². The van der Waals surface area contributed by atoms with E-state index in [1.807, 2.05) is 4.90 Å². The fourth-order valence-electron chi connectivity index (χ4n) is 2.68. The highest BCUT2D eigenvalue weighted by molar-refractivity contribution is 5.97. The van der Waals surface area contributed by atoms with Gasteiger partial charge in [0.1, 0.15) is 0 Å². The average Bonchev–Trinajstić information content (AvgIpc) is 2.26. The first kappa shape index (κ1) is 12.2. The summed E-state index contributed by atoms with van der Waals surface area (Å²) in [5.41, 5.74) is 3.89. The Hall–Kier alpha value is -1.31. The molecule has 0 atom stereocenters. The maximum absolute atomic E-state index is 12.0. The molecule has 0 unspecified atom stereocenters. The van der Waals surface area contributed by atoms with Crippen molar-refractivity contribution < 1.29 is 4.79 Å². The quantitative estimate of drug-likeness (QED) is 0.763. The number of rotatable bonds is 2. The van der Waals surface area contributed by atoms with Crippen LogP contribution in [0, 0.1) is 0 Å². The lowest BCUT2D eigenvalue weighted by atomic mass is 9.89. The minimum atomic E-state index is 0.240. The van der Waals surface area contributed by atoms with E-state index in [9.17, 15) is 4.79 Å². The standard InChI is InChI=1S/C15H21NO/c1-10(2)12-6-5-7-14-13(12)8-9-15(17)16(14)11(3)4/h5-7,10-11H,8-9H2,1-4H3. The molecule has 1 heterocycles. The van der Waals surface area contributed by atoms with E-state index in [0.717, 1.165) is 12.1 Å². The van der Waals surface area contributed by atoms with Crippen LogP contribution < -0.4 is 4.90 Å². The first-order valence-corrected chi connectivity index (χ1v) is 6.46. The molecule has 2 heteroatoms. The van der Waals surface area contributed by atoms with Crippen LogP contribution in [0.4, 0.5) is 5.69 Å². The highest BCUT2D eigenvalue weighted by Crippen LogP contribution is 2.34. The Balaban J connectivity index is 2.54. The molecule has 0 saturated heterocycles. The van der Waals surface area contributed by atoms with Crippen molar-refractivity contribution in [2.24, 2.45) is 0 Å². The molecule has 1 aromatic rings. The van der Waals surface area contributed by atoms with E-state index in [4.69, 9.17) is 0 Å². The van der Waals surface area contributed by atoms with Crippen LogP contribution in [0.15, 0.2) is 18.2 Å². The van der Waals surface area contributed by atoms with Crippen LogP contribution in [0.3, 0.4) is 0 Å². The van der Waals surface area contributed by atoms with Gasteiger partial charge in [-0.3, -0.25) is 4.79 Å². The third kappa shape index (κ3) is 2.08. The SMILES string of the molecule is CC(C)c1cccc2c1CCC(=O)N2C(C)C. The predicted molar refractivity (Wildman–Crippen MR) is 71.5 cm³/mol. The Bertz CT molecular complexity index is 435. The molecule has 0 N–H and O–H groups in total. The molecule has 1 aromatic carbocycles. The number of carbonyl (C=O) groups is 1. The van der Waals surface area contributed by atoms with Crippen LogP contribution in [0.5, 0.6) is 0 Å². The number of hydrogen-bond acceptors (Lipinski definition) is 1. The predicted octanol–water partition coefficient (Wildman–Crippen LogP) is 3.50. The zero-order valence-corrected chi connectivity index (χ0v) is 11.2. The monoisotopic (exact) mass is 231 g/mol. The van der Waals surface area contributed by atoms with Gasteiger partial charge in [-0.2, -0.15) is 0 Å². The number of anilines is 1. The molecular formula is C15H21NO. The van der Waals surface area contributed by atoms with Gasteiger partial charge in [-0.25, -0.2) is 0 Å². The van der Waals surface area contributed by atoms with Gasteiger partial charge in [-0.15, -0.1) is 0 Å². The topological polar surface area (TPSA) is 20.3 Å². The number of benzene rings is 1. The summed E-state index contributed by atoms with van der Waals surface area (Å²) in [4.78, 5) is 14.0. The fourth-order valence-corrected chi connectivity index (χ4v) is 2.68. The second-order valence-corrected chi connectivity index (χ2v) is 5.36. The number of nitrogens with zero attached hydrogens (tertiary/aromatic N) is 1. The summed E-state index contributed by atoms with van der Waals surface area (Å²) in [5, 5.41) is 0. The van der Waals surface area contributed by atoms with Crippen molar-refractivity contribution >= 4 is 11.6 Å². The molecule has 17 heavy (non-hydrogen) atoms. The average molecular weight is 231 g/mol. The summed E-state index contributed by atoms with van der Waals surface area (Å²) in [5.74, 6) is 0.778. The van der Waals surface area contributed by atoms with E-state index in [1.54, 1.807) is 0 Å². The smallest absolute Gasteiger partial charge is 0.227 e. The van der Waals surface area contributed by atoms with Gasteiger partial charge in [0.25, 0.3) is 0 Å². The summed E-state index contributed by atoms with van der Waals surface area (Å²) < 4.78 is 0. The largest absolute Gasteiger partial charge is 0.310 e. The van der Waals surface area contributed by atoms with Gasteiger partial charge >= 0.3 is 0 Å². The molecule has 2 nitrogen and oxygen atoms in total. The Morgan fingerprint density at radius 2 is 1.82 bits per heavy atom. The molecule has 0 spiro atoms. The van der Waals surface area contributed by atoms with Gasteiger partial charge < -0.3 is 4.90 Å². The maximum atomic E-state index is 12.0. The van der Waals surface area contributed by atoms with E-state index in [2.05, 4.69) is 45.9 Å². The zero-order chi connectivity index (χ0) is 12.6. The van der Waals surface area contributed by atoms with Crippen molar-refractivity contribution in [2.75, 3.05) is 4.90 Å². The zero-order valence-electron chi connectivity index (χ0n) is 11.2. The number of fused-ring (bicyclic) bond motifs is 1. The molecule has 0 aliphatic carbocycles. The van der Waals surface area contributed by atoms with Crippen LogP contribution in [0.2, 0.25) is 0 Å².